The van der Waals surface area contributed by atoms with Crippen LogP contribution in [0.1, 0.15) is 23.1 Å². The van der Waals surface area contributed by atoms with Crippen molar-refractivity contribution in [2.75, 3.05) is 29.9 Å². The van der Waals surface area contributed by atoms with Crippen molar-refractivity contribution in [2.45, 2.75) is 38.5 Å². The lowest BCUT2D eigenvalue weighted by atomic mass is 9.94. The lowest BCUT2D eigenvalue weighted by Gasteiger charge is -2.43. The van der Waals surface area contributed by atoms with Gasteiger partial charge in [-0.25, -0.2) is 9.97 Å². The average molecular weight is 416 g/mol. The van der Waals surface area contributed by atoms with E-state index in [1.807, 2.05) is 18.2 Å². The minimum absolute atomic E-state index is 0.191. The highest BCUT2D eigenvalue weighted by molar-refractivity contribution is 5.60. The molecule has 0 saturated carbocycles. The highest BCUT2D eigenvalue weighted by Crippen LogP contribution is 2.27. The Morgan fingerprint density at radius 2 is 1.87 bits per heavy atom. The Hall–Kier alpha value is -2.96. The van der Waals surface area contributed by atoms with Crippen LogP contribution in [-0.4, -0.2) is 51.8 Å². The van der Waals surface area contributed by atoms with Gasteiger partial charge in [-0.3, -0.25) is 4.90 Å². The van der Waals surface area contributed by atoms with Gasteiger partial charge >= 0.3 is 0 Å². The van der Waals surface area contributed by atoms with Crippen LogP contribution in [0.5, 0.6) is 0 Å². The second-order valence-electron chi connectivity index (χ2n) is 8.61. The number of β-amino-alcohol motifs (C(OH)–C–C–N with tert-alkyl or cyclic N) is 1. The van der Waals surface area contributed by atoms with Crippen molar-refractivity contribution >= 4 is 17.3 Å². The molecule has 2 aliphatic rings. The van der Waals surface area contributed by atoms with Crippen molar-refractivity contribution in [3.8, 4) is 0 Å². The molecule has 2 aromatic carbocycles. The maximum absolute atomic E-state index is 11.0. The molecule has 31 heavy (non-hydrogen) atoms. The number of aryl methyl sites for hydroxylation is 1. The number of nitrogens with zero attached hydrogens (tertiary/aromatic N) is 4. The molecule has 0 spiro atoms. The number of fused-ring (bicyclic) bond motifs is 1. The molecular weight excluding hydrogens is 386 g/mol. The zero-order valence-corrected chi connectivity index (χ0v) is 17.9. The molecule has 160 valence electrons. The Morgan fingerprint density at radius 3 is 2.71 bits per heavy atom. The van der Waals surface area contributed by atoms with Crippen LogP contribution in [-0.2, 0) is 13.0 Å². The van der Waals surface area contributed by atoms with Gasteiger partial charge < -0.3 is 15.3 Å². The molecule has 2 aliphatic heterocycles. The summed E-state index contributed by atoms with van der Waals surface area (Å²) in [5, 5.41) is 14.4. The maximum atomic E-state index is 11.0. The molecule has 0 bridgehead atoms. The fraction of sp³-hybridized carbons (Fsp3) is 0.360. The molecular formula is C25H29N5O. The van der Waals surface area contributed by atoms with Crippen molar-refractivity contribution in [2.24, 2.45) is 0 Å². The Balaban J connectivity index is 1.25. The van der Waals surface area contributed by atoms with E-state index >= 15 is 0 Å². The summed E-state index contributed by atoms with van der Waals surface area (Å²) < 4.78 is 0. The number of aliphatic hydroxyl groups is 1. The summed E-state index contributed by atoms with van der Waals surface area (Å²) in [7, 11) is 0. The van der Waals surface area contributed by atoms with E-state index in [2.05, 4.69) is 68.4 Å². The molecule has 1 saturated heterocycles. The first kappa shape index (κ1) is 20.0. The summed E-state index contributed by atoms with van der Waals surface area (Å²) in [6.45, 7) is 5.47. The SMILES string of the molecule is Cc1cccc(Nc2cc(N3CCC(N4CCc5ccccc5C4)C(O)C3)ncn2)c1. The summed E-state index contributed by atoms with van der Waals surface area (Å²) in [6, 6.07) is 19.0. The largest absolute Gasteiger partial charge is 0.390 e. The fourth-order valence-corrected chi connectivity index (χ4v) is 4.81. The van der Waals surface area contributed by atoms with Gasteiger partial charge in [-0.15, -0.1) is 0 Å². The maximum Gasteiger partial charge on any atom is 0.135 e. The lowest BCUT2D eigenvalue weighted by molar-refractivity contribution is 0.0293. The third kappa shape index (κ3) is 4.40. The van der Waals surface area contributed by atoms with Crippen LogP contribution >= 0.6 is 0 Å². The predicted octanol–water partition coefficient (Wildman–Crippen LogP) is 3.53. The third-order valence-electron chi connectivity index (χ3n) is 6.44. The highest BCUT2D eigenvalue weighted by atomic mass is 16.3. The number of rotatable bonds is 4. The van der Waals surface area contributed by atoms with E-state index < -0.39 is 6.10 Å². The number of benzene rings is 2. The topological polar surface area (TPSA) is 64.5 Å². The molecule has 0 aliphatic carbocycles. The van der Waals surface area contributed by atoms with Crippen molar-refractivity contribution in [3.05, 3.63) is 77.6 Å². The molecule has 1 aromatic heterocycles. The second-order valence-corrected chi connectivity index (χ2v) is 8.61. The number of aromatic nitrogens is 2. The van der Waals surface area contributed by atoms with E-state index in [0.717, 1.165) is 49.8 Å². The zero-order valence-electron chi connectivity index (χ0n) is 17.9. The fourth-order valence-electron chi connectivity index (χ4n) is 4.81. The van der Waals surface area contributed by atoms with E-state index in [4.69, 9.17) is 0 Å². The third-order valence-corrected chi connectivity index (χ3v) is 6.44. The quantitative estimate of drug-likeness (QED) is 0.680. The van der Waals surface area contributed by atoms with Gasteiger partial charge in [-0.2, -0.15) is 0 Å². The van der Waals surface area contributed by atoms with Gasteiger partial charge in [-0.05, 0) is 48.6 Å². The van der Waals surface area contributed by atoms with Gasteiger partial charge in [0.05, 0.1) is 6.10 Å². The van der Waals surface area contributed by atoms with Crippen LogP contribution in [0, 0.1) is 6.92 Å². The van der Waals surface area contributed by atoms with E-state index in [1.165, 1.54) is 16.7 Å². The van der Waals surface area contributed by atoms with Crippen LogP contribution in [0.25, 0.3) is 0 Å². The molecule has 2 N–H and O–H groups in total. The average Bonchev–Trinajstić information content (AvgIpc) is 2.79. The normalized spacial score (nSPS) is 21.5. The number of anilines is 3. The smallest absolute Gasteiger partial charge is 0.135 e. The van der Waals surface area contributed by atoms with Gasteiger partial charge in [0.15, 0.2) is 0 Å². The molecule has 3 heterocycles. The predicted molar refractivity (Wildman–Crippen MR) is 124 cm³/mol. The van der Waals surface area contributed by atoms with Crippen LogP contribution in [0.15, 0.2) is 60.9 Å². The summed E-state index contributed by atoms with van der Waals surface area (Å²) in [5.41, 5.74) is 5.05. The number of hydrogen-bond acceptors (Lipinski definition) is 6. The number of piperidine rings is 1. The van der Waals surface area contributed by atoms with E-state index in [0.29, 0.717) is 6.54 Å². The van der Waals surface area contributed by atoms with Crippen LogP contribution in [0.2, 0.25) is 0 Å². The summed E-state index contributed by atoms with van der Waals surface area (Å²) >= 11 is 0. The van der Waals surface area contributed by atoms with Gasteiger partial charge in [0.2, 0.25) is 0 Å². The van der Waals surface area contributed by atoms with Gasteiger partial charge in [0.1, 0.15) is 18.0 Å². The molecule has 2 atom stereocenters. The van der Waals surface area contributed by atoms with E-state index in [1.54, 1.807) is 6.33 Å². The van der Waals surface area contributed by atoms with Gasteiger partial charge in [-0.1, -0.05) is 36.4 Å². The lowest BCUT2D eigenvalue weighted by Crippen LogP contribution is -2.55. The van der Waals surface area contributed by atoms with Crippen molar-refractivity contribution in [1.82, 2.24) is 14.9 Å². The van der Waals surface area contributed by atoms with Gasteiger partial charge in [0.25, 0.3) is 0 Å². The summed E-state index contributed by atoms with van der Waals surface area (Å²) in [6.07, 6.45) is 3.17. The minimum atomic E-state index is -0.401. The van der Waals surface area contributed by atoms with Crippen LogP contribution in [0.4, 0.5) is 17.3 Å². The first-order chi connectivity index (χ1) is 15.2. The summed E-state index contributed by atoms with van der Waals surface area (Å²) in [5.74, 6) is 1.62. The van der Waals surface area contributed by atoms with Crippen LogP contribution < -0.4 is 10.2 Å². The van der Waals surface area contributed by atoms with Gasteiger partial charge in [0, 0.05) is 44.0 Å². The monoisotopic (exact) mass is 415 g/mol. The van der Waals surface area contributed by atoms with E-state index in [9.17, 15) is 5.11 Å². The minimum Gasteiger partial charge on any atom is -0.390 e. The Morgan fingerprint density at radius 1 is 1.00 bits per heavy atom. The van der Waals surface area contributed by atoms with Crippen LogP contribution in [0.3, 0.4) is 0 Å². The summed E-state index contributed by atoms with van der Waals surface area (Å²) in [4.78, 5) is 13.5. The van der Waals surface area contributed by atoms with Crippen molar-refractivity contribution in [1.29, 1.82) is 0 Å². The Kier molecular flexibility index (Phi) is 5.57. The molecule has 6 nitrogen and oxygen atoms in total. The molecule has 0 radical (unpaired) electrons. The number of aliphatic hydroxyl groups excluding tert-OH is 1. The number of nitrogens with one attached hydrogen (secondary N) is 1. The molecule has 1 fully saturated rings. The van der Waals surface area contributed by atoms with Crippen molar-refractivity contribution < 1.29 is 5.11 Å². The van der Waals surface area contributed by atoms with Crippen molar-refractivity contribution in [3.63, 3.8) is 0 Å². The number of hydrogen-bond donors (Lipinski definition) is 2. The molecule has 5 rings (SSSR count). The zero-order chi connectivity index (χ0) is 21.2. The highest BCUT2D eigenvalue weighted by Gasteiger charge is 2.34. The molecule has 2 unspecified atom stereocenters. The molecule has 6 heteroatoms. The Labute approximate surface area is 183 Å². The van der Waals surface area contributed by atoms with E-state index in [-0.39, 0.29) is 6.04 Å². The molecule has 3 aromatic rings. The first-order valence-corrected chi connectivity index (χ1v) is 11.1. The first-order valence-electron chi connectivity index (χ1n) is 11.1. The Bertz CT molecular complexity index is 1060. The standard InChI is InChI=1S/C25H29N5O/c1-18-5-4-8-21(13-18)28-24-14-25(27-17-26-24)30-12-10-22(23(31)16-30)29-11-9-19-6-2-3-7-20(19)15-29/h2-8,13-14,17,22-23,31H,9-12,15-16H2,1H3,(H,26,27,28). The second kappa shape index (κ2) is 8.65. The molecule has 0 amide bonds.